The van der Waals surface area contributed by atoms with Crippen molar-refractivity contribution in [3.05, 3.63) is 35.1 Å². The molecule has 1 aliphatic heterocycles. The highest BCUT2D eigenvalue weighted by molar-refractivity contribution is 5.94. The van der Waals surface area contributed by atoms with Gasteiger partial charge in [0, 0.05) is 17.6 Å². The van der Waals surface area contributed by atoms with Crippen molar-refractivity contribution in [2.45, 2.75) is 38.8 Å². The summed E-state index contributed by atoms with van der Waals surface area (Å²) >= 11 is 0. The van der Waals surface area contributed by atoms with Gasteiger partial charge in [0.1, 0.15) is 5.82 Å². The lowest BCUT2D eigenvalue weighted by Crippen LogP contribution is -2.46. The number of aryl methyl sites for hydroxylation is 1. The molecule has 2 N–H and O–H groups in total. The molecule has 1 heterocycles. The second-order valence-corrected chi connectivity index (χ2v) is 5.07. The van der Waals surface area contributed by atoms with E-state index >= 15 is 0 Å². The lowest BCUT2D eigenvalue weighted by Gasteiger charge is -2.28. The largest absolute Gasteiger partial charge is 0.349 e. The SMILES string of the molecule is Cc1cc(F)cc(C(=O)NC2CCNC(C)C2)c1.Cl. The number of benzene rings is 1. The third-order valence-electron chi connectivity index (χ3n) is 3.26. The van der Waals surface area contributed by atoms with Crippen LogP contribution in [0.15, 0.2) is 18.2 Å². The van der Waals surface area contributed by atoms with Gasteiger partial charge in [0.15, 0.2) is 0 Å². The third-order valence-corrected chi connectivity index (χ3v) is 3.26. The van der Waals surface area contributed by atoms with Crippen LogP contribution in [0.3, 0.4) is 0 Å². The molecule has 19 heavy (non-hydrogen) atoms. The summed E-state index contributed by atoms with van der Waals surface area (Å²) in [6.45, 7) is 4.80. The van der Waals surface area contributed by atoms with Gasteiger partial charge in [-0.15, -0.1) is 12.4 Å². The minimum absolute atomic E-state index is 0. The molecule has 5 heteroatoms. The number of carbonyl (C=O) groups is 1. The average Bonchev–Trinajstić information content (AvgIpc) is 2.27. The van der Waals surface area contributed by atoms with E-state index in [0.717, 1.165) is 24.9 Å². The van der Waals surface area contributed by atoms with Crippen LogP contribution >= 0.6 is 12.4 Å². The van der Waals surface area contributed by atoms with Crippen molar-refractivity contribution >= 4 is 18.3 Å². The number of rotatable bonds is 2. The van der Waals surface area contributed by atoms with E-state index in [9.17, 15) is 9.18 Å². The Morgan fingerprint density at radius 2 is 2.16 bits per heavy atom. The Balaban J connectivity index is 0.00000180. The summed E-state index contributed by atoms with van der Waals surface area (Å²) in [6.07, 6.45) is 1.84. The first kappa shape index (κ1) is 15.9. The van der Waals surface area contributed by atoms with Gasteiger partial charge >= 0.3 is 0 Å². The normalized spacial score (nSPS) is 22.5. The van der Waals surface area contributed by atoms with Gasteiger partial charge in [-0.1, -0.05) is 0 Å². The van der Waals surface area contributed by atoms with Crippen LogP contribution in [-0.2, 0) is 0 Å². The standard InChI is InChI=1S/C14H19FN2O.ClH/c1-9-5-11(8-12(15)6-9)14(18)17-13-3-4-16-10(2)7-13;/h5-6,8,10,13,16H,3-4,7H2,1-2H3,(H,17,18);1H. The van der Waals surface area contributed by atoms with Crippen LogP contribution in [0, 0.1) is 12.7 Å². The molecule has 0 aliphatic carbocycles. The molecule has 0 aromatic heterocycles. The zero-order valence-corrected chi connectivity index (χ0v) is 12.0. The van der Waals surface area contributed by atoms with E-state index in [2.05, 4.69) is 17.6 Å². The molecule has 1 aromatic rings. The predicted octanol–water partition coefficient (Wildman–Crippen LogP) is 2.43. The summed E-state index contributed by atoms with van der Waals surface area (Å²) in [6, 6.07) is 5.01. The van der Waals surface area contributed by atoms with Gasteiger partial charge in [0.25, 0.3) is 5.91 Å². The lowest BCUT2D eigenvalue weighted by molar-refractivity contribution is 0.0925. The fraction of sp³-hybridized carbons (Fsp3) is 0.500. The van der Waals surface area contributed by atoms with E-state index in [1.807, 2.05) is 0 Å². The Morgan fingerprint density at radius 3 is 2.79 bits per heavy atom. The van der Waals surface area contributed by atoms with Gasteiger partial charge in [0.05, 0.1) is 0 Å². The highest BCUT2D eigenvalue weighted by atomic mass is 35.5. The molecular formula is C14H20ClFN2O. The van der Waals surface area contributed by atoms with Crippen LogP contribution in [-0.4, -0.2) is 24.5 Å². The van der Waals surface area contributed by atoms with Gasteiger partial charge in [-0.05, 0) is 57.0 Å². The molecule has 0 bridgehead atoms. The molecule has 2 rings (SSSR count). The van der Waals surface area contributed by atoms with Crippen LogP contribution in [0.1, 0.15) is 35.7 Å². The van der Waals surface area contributed by atoms with E-state index in [1.54, 1.807) is 13.0 Å². The van der Waals surface area contributed by atoms with Crippen molar-refractivity contribution in [1.29, 1.82) is 0 Å². The summed E-state index contributed by atoms with van der Waals surface area (Å²) < 4.78 is 13.2. The number of nitrogens with one attached hydrogen (secondary N) is 2. The molecule has 3 nitrogen and oxygen atoms in total. The van der Waals surface area contributed by atoms with Gasteiger partial charge in [-0.25, -0.2) is 4.39 Å². The van der Waals surface area contributed by atoms with Crippen LogP contribution < -0.4 is 10.6 Å². The first-order valence-corrected chi connectivity index (χ1v) is 6.36. The fourth-order valence-electron chi connectivity index (χ4n) is 2.40. The molecule has 1 fully saturated rings. The minimum Gasteiger partial charge on any atom is -0.349 e. The van der Waals surface area contributed by atoms with Gasteiger partial charge in [-0.3, -0.25) is 4.79 Å². The molecule has 2 atom stereocenters. The zero-order valence-electron chi connectivity index (χ0n) is 11.2. The summed E-state index contributed by atoms with van der Waals surface area (Å²) in [7, 11) is 0. The third kappa shape index (κ3) is 4.48. The van der Waals surface area contributed by atoms with E-state index < -0.39 is 0 Å². The van der Waals surface area contributed by atoms with E-state index in [0.29, 0.717) is 11.6 Å². The monoisotopic (exact) mass is 286 g/mol. The average molecular weight is 287 g/mol. The fourth-order valence-corrected chi connectivity index (χ4v) is 2.40. The van der Waals surface area contributed by atoms with E-state index in [4.69, 9.17) is 0 Å². The van der Waals surface area contributed by atoms with Gasteiger partial charge in [-0.2, -0.15) is 0 Å². The van der Waals surface area contributed by atoms with Crippen molar-refractivity contribution in [3.63, 3.8) is 0 Å². The first-order valence-electron chi connectivity index (χ1n) is 6.36. The second kappa shape index (κ2) is 6.87. The lowest BCUT2D eigenvalue weighted by atomic mass is 10.00. The Kier molecular flexibility index (Phi) is 5.76. The van der Waals surface area contributed by atoms with Crippen LogP contribution in [0.4, 0.5) is 4.39 Å². The maximum Gasteiger partial charge on any atom is 0.251 e. The van der Waals surface area contributed by atoms with Gasteiger partial charge < -0.3 is 10.6 Å². The molecule has 1 saturated heterocycles. The molecule has 0 spiro atoms. The second-order valence-electron chi connectivity index (χ2n) is 5.07. The maximum atomic E-state index is 13.2. The highest BCUT2D eigenvalue weighted by Crippen LogP contribution is 2.12. The molecular weight excluding hydrogens is 267 g/mol. The minimum atomic E-state index is -0.362. The molecule has 1 amide bonds. The Bertz CT molecular complexity index is 433. The predicted molar refractivity (Wildman–Crippen MR) is 76.3 cm³/mol. The number of carbonyl (C=O) groups excluding carboxylic acids is 1. The van der Waals surface area contributed by atoms with Crippen LogP contribution in [0.5, 0.6) is 0 Å². The Morgan fingerprint density at radius 1 is 1.42 bits per heavy atom. The zero-order chi connectivity index (χ0) is 13.1. The highest BCUT2D eigenvalue weighted by Gasteiger charge is 2.20. The van der Waals surface area contributed by atoms with Crippen LogP contribution in [0.2, 0.25) is 0 Å². The number of hydrogen-bond donors (Lipinski definition) is 2. The first-order chi connectivity index (χ1) is 8.54. The summed E-state index contributed by atoms with van der Waals surface area (Å²) in [5, 5.41) is 6.31. The Hall–Kier alpha value is -1.13. The van der Waals surface area contributed by atoms with Crippen molar-refractivity contribution in [1.82, 2.24) is 10.6 Å². The number of halogens is 2. The van der Waals surface area contributed by atoms with Crippen molar-refractivity contribution in [2.24, 2.45) is 0 Å². The molecule has 0 saturated carbocycles. The molecule has 1 aliphatic rings. The summed E-state index contributed by atoms with van der Waals surface area (Å²) in [5.41, 5.74) is 1.16. The smallest absolute Gasteiger partial charge is 0.251 e. The van der Waals surface area contributed by atoms with Crippen molar-refractivity contribution < 1.29 is 9.18 Å². The molecule has 1 aromatic carbocycles. The van der Waals surface area contributed by atoms with E-state index in [-0.39, 0.29) is 30.2 Å². The Labute approximate surface area is 119 Å². The summed E-state index contributed by atoms with van der Waals surface area (Å²) in [4.78, 5) is 12.0. The van der Waals surface area contributed by atoms with Crippen LogP contribution in [0.25, 0.3) is 0 Å². The number of piperidine rings is 1. The van der Waals surface area contributed by atoms with E-state index in [1.165, 1.54) is 12.1 Å². The molecule has 2 unspecified atom stereocenters. The topological polar surface area (TPSA) is 41.1 Å². The van der Waals surface area contributed by atoms with Gasteiger partial charge in [0.2, 0.25) is 0 Å². The summed E-state index contributed by atoms with van der Waals surface area (Å²) in [5.74, 6) is -0.546. The number of hydrogen-bond acceptors (Lipinski definition) is 2. The van der Waals surface area contributed by atoms with Crippen molar-refractivity contribution in [3.8, 4) is 0 Å². The molecule has 106 valence electrons. The molecule has 0 radical (unpaired) electrons. The van der Waals surface area contributed by atoms with Crippen molar-refractivity contribution in [2.75, 3.05) is 6.54 Å². The number of amides is 1. The quantitative estimate of drug-likeness (QED) is 0.877. The maximum absolute atomic E-state index is 13.2.